The summed E-state index contributed by atoms with van der Waals surface area (Å²) >= 11 is 1.66. The molecule has 19 heavy (non-hydrogen) atoms. The first-order chi connectivity index (χ1) is 9.06. The van der Waals surface area contributed by atoms with Gasteiger partial charge in [-0.05, 0) is 45.4 Å². The van der Waals surface area contributed by atoms with E-state index in [4.69, 9.17) is 4.42 Å². The van der Waals surface area contributed by atoms with E-state index in [2.05, 4.69) is 5.32 Å². The number of hydrogen-bond acceptors (Lipinski definition) is 3. The highest BCUT2D eigenvalue weighted by molar-refractivity contribution is 7.12. The topological polar surface area (TPSA) is 42.2 Å². The number of aryl methyl sites for hydroxylation is 3. The Bertz CT molecular complexity index is 543. The summed E-state index contributed by atoms with van der Waals surface area (Å²) in [6, 6.07) is 5.93. The second-order valence-corrected chi connectivity index (χ2v) is 6.28. The molecule has 1 atom stereocenters. The maximum atomic E-state index is 12.1. The summed E-state index contributed by atoms with van der Waals surface area (Å²) in [6.07, 6.45) is 3.40. The first kappa shape index (κ1) is 13.9. The fourth-order valence-corrected chi connectivity index (χ4v) is 2.96. The number of nitrogens with one attached hydrogen (secondary N) is 1. The van der Waals surface area contributed by atoms with Crippen molar-refractivity contribution in [2.24, 2.45) is 0 Å². The molecule has 102 valence electrons. The van der Waals surface area contributed by atoms with Crippen molar-refractivity contribution in [2.45, 2.75) is 39.7 Å². The number of thiophene rings is 1. The lowest BCUT2D eigenvalue weighted by Gasteiger charge is -2.13. The second-order valence-electron chi connectivity index (χ2n) is 4.82. The zero-order chi connectivity index (χ0) is 13.8. The molecule has 0 saturated carbocycles. The normalized spacial score (nSPS) is 12.4. The minimum absolute atomic E-state index is 0.0220. The van der Waals surface area contributed by atoms with Gasteiger partial charge in [0.1, 0.15) is 5.76 Å². The van der Waals surface area contributed by atoms with Gasteiger partial charge in [-0.1, -0.05) is 0 Å². The van der Waals surface area contributed by atoms with Crippen LogP contribution in [-0.4, -0.2) is 11.9 Å². The molecule has 4 heteroatoms. The SMILES string of the molecule is Cc1cc(C(=O)NC(C)CCc2ccco2)c(C)s1. The summed E-state index contributed by atoms with van der Waals surface area (Å²) in [5.74, 6) is 0.984. The highest BCUT2D eigenvalue weighted by Gasteiger charge is 2.14. The first-order valence-electron chi connectivity index (χ1n) is 6.46. The van der Waals surface area contributed by atoms with Crippen molar-refractivity contribution >= 4 is 17.2 Å². The summed E-state index contributed by atoms with van der Waals surface area (Å²) in [5.41, 5.74) is 0.798. The van der Waals surface area contributed by atoms with Crippen LogP contribution in [0.4, 0.5) is 0 Å². The number of furan rings is 1. The first-order valence-corrected chi connectivity index (χ1v) is 7.28. The van der Waals surface area contributed by atoms with E-state index >= 15 is 0 Å². The maximum absolute atomic E-state index is 12.1. The van der Waals surface area contributed by atoms with E-state index in [-0.39, 0.29) is 11.9 Å². The molecule has 0 saturated heterocycles. The van der Waals surface area contributed by atoms with Crippen LogP contribution in [0.1, 0.15) is 39.2 Å². The number of carbonyl (C=O) groups is 1. The van der Waals surface area contributed by atoms with Gasteiger partial charge in [-0.3, -0.25) is 4.79 Å². The summed E-state index contributed by atoms with van der Waals surface area (Å²) in [6.45, 7) is 6.03. The van der Waals surface area contributed by atoms with Crippen LogP contribution in [0.5, 0.6) is 0 Å². The van der Waals surface area contributed by atoms with Crippen LogP contribution >= 0.6 is 11.3 Å². The number of amides is 1. The Kier molecular flexibility index (Phi) is 4.43. The molecular formula is C15H19NO2S. The Hall–Kier alpha value is -1.55. The Morgan fingerprint density at radius 3 is 2.84 bits per heavy atom. The molecular weight excluding hydrogens is 258 g/mol. The minimum atomic E-state index is 0.0220. The smallest absolute Gasteiger partial charge is 0.252 e. The van der Waals surface area contributed by atoms with Gasteiger partial charge in [0.25, 0.3) is 5.91 Å². The summed E-state index contributed by atoms with van der Waals surface area (Å²) < 4.78 is 5.28. The molecule has 3 nitrogen and oxygen atoms in total. The van der Waals surface area contributed by atoms with Gasteiger partial charge in [-0.25, -0.2) is 0 Å². The Labute approximate surface area is 117 Å². The van der Waals surface area contributed by atoms with Crippen LogP contribution in [0.3, 0.4) is 0 Å². The van der Waals surface area contributed by atoms with E-state index in [1.165, 1.54) is 4.88 Å². The van der Waals surface area contributed by atoms with Crippen LogP contribution in [0, 0.1) is 13.8 Å². The molecule has 1 N–H and O–H groups in total. The molecule has 2 heterocycles. The van der Waals surface area contributed by atoms with Gasteiger partial charge in [-0.2, -0.15) is 0 Å². The van der Waals surface area contributed by atoms with Crippen LogP contribution in [0.2, 0.25) is 0 Å². The van der Waals surface area contributed by atoms with E-state index < -0.39 is 0 Å². The third kappa shape index (κ3) is 3.70. The predicted octanol–water partition coefficient (Wildman–Crippen LogP) is 3.71. The van der Waals surface area contributed by atoms with Gasteiger partial charge in [-0.15, -0.1) is 11.3 Å². The molecule has 0 bridgehead atoms. The van der Waals surface area contributed by atoms with Gasteiger partial charge >= 0.3 is 0 Å². The lowest BCUT2D eigenvalue weighted by molar-refractivity contribution is 0.0938. The molecule has 0 fully saturated rings. The third-order valence-corrected chi connectivity index (χ3v) is 4.03. The molecule has 2 aromatic rings. The standard InChI is InChI=1S/C15H19NO2S/c1-10(6-7-13-5-4-8-18-13)16-15(17)14-9-11(2)19-12(14)3/h4-5,8-10H,6-7H2,1-3H3,(H,16,17). The van der Waals surface area contributed by atoms with Crippen molar-refractivity contribution in [3.05, 3.63) is 45.5 Å². The monoisotopic (exact) mass is 277 g/mol. The number of rotatable bonds is 5. The molecule has 0 aliphatic heterocycles. The quantitative estimate of drug-likeness (QED) is 0.905. The molecule has 0 aliphatic carbocycles. The molecule has 0 aromatic carbocycles. The zero-order valence-electron chi connectivity index (χ0n) is 11.5. The predicted molar refractivity (Wildman–Crippen MR) is 77.8 cm³/mol. The fraction of sp³-hybridized carbons (Fsp3) is 0.400. The van der Waals surface area contributed by atoms with E-state index in [0.29, 0.717) is 0 Å². The Balaban J connectivity index is 1.86. The molecule has 0 radical (unpaired) electrons. The van der Waals surface area contributed by atoms with Gasteiger partial charge in [0.2, 0.25) is 0 Å². The molecule has 2 rings (SSSR count). The minimum Gasteiger partial charge on any atom is -0.469 e. The number of hydrogen-bond donors (Lipinski definition) is 1. The van der Waals surface area contributed by atoms with E-state index in [0.717, 1.165) is 29.0 Å². The van der Waals surface area contributed by atoms with Gasteiger partial charge in [0.15, 0.2) is 0 Å². The average molecular weight is 277 g/mol. The van der Waals surface area contributed by atoms with Crippen LogP contribution < -0.4 is 5.32 Å². The summed E-state index contributed by atoms with van der Waals surface area (Å²) in [4.78, 5) is 14.4. The molecule has 1 amide bonds. The zero-order valence-corrected chi connectivity index (χ0v) is 12.3. The van der Waals surface area contributed by atoms with Gasteiger partial charge < -0.3 is 9.73 Å². The third-order valence-electron chi connectivity index (χ3n) is 3.07. The summed E-state index contributed by atoms with van der Waals surface area (Å²) in [5, 5.41) is 3.04. The van der Waals surface area contributed by atoms with E-state index in [9.17, 15) is 4.79 Å². The van der Waals surface area contributed by atoms with Crippen molar-refractivity contribution in [3.63, 3.8) is 0 Å². The van der Waals surface area contributed by atoms with E-state index in [1.54, 1.807) is 17.6 Å². The lowest BCUT2D eigenvalue weighted by Crippen LogP contribution is -2.32. The van der Waals surface area contributed by atoms with Crippen molar-refractivity contribution < 1.29 is 9.21 Å². The molecule has 0 spiro atoms. The van der Waals surface area contributed by atoms with Crippen molar-refractivity contribution in [1.29, 1.82) is 0 Å². The van der Waals surface area contributed by atoms with Crippen molar-refractivity contribution in [3.8, 4) is 0 Å². The van der Waals surface area contributed by atoms with Gasteiger partial charge in [0.05, 0.1) is 11.8 Å². The number of carbonyl (C=O) groups excluding carboxylic acids is 1. The second kappa shape index (κ2) is 6.06. The maximum Gasteiger partial charge on any atom is 0.252 e. The van der Waals surface area contributed by atoms with Crippen molar-refractivity contribution in [2.75, 3.05) is 0 Å². The van der Waals surface area contributed by atoms with Crippen molar-refractivity contribution in [1.82, 2.24) is 5.32 Å². The highest BCUT2D eigenvalue weighted by atomic mass is 32.1. The fourth-order valence-electron chi connectivity index (χ4n) is 2.04. The lowest BCUT2D eigenvalue weighted by atomic mass is 10.1. The molecule has 2 aromatic heterocycles. The van der Waals surface area contributed by atoms with Crippen LogP contribution in [0.15, 0.2) is 28.9 Å². The van der Waals surface area contributed by atoms with Gasteiger partial charge in [0, 0.05) is 22.2 Å². The van der Waals surface area contributed by atoms with Crippen LogP contribution in [-0.2, 0) is 6.42 Å². The molecule has 1 unspecified atom stereocenters. The largest absolute Gasteiger partial charge is 0.469 e. The Morgan fingerprint density at radius 2 is 2.26 bits per heavy atom. The average Bonchev–Trinajstić information content (AvgIpc) is 2.96. The Morgan fingerprint density at radius 1 is 1.47 bits per heavy atom. The highest BCUT2D eigenvalue weighted by Crippen LogP contribution is 2.20. The van der Waals surface area contributed by atoms with Crippen LogP contribution in [0.25, 0.3) is 0 Å². The molecule has 0 aliphatic rings. The summed E-state index contributed by atoms with van der Waals surface area (Å²) in [7, 11) is 0. The van der Waals surface area contributed by atoms with E-state index in [1.807, 2.05) is 39.0 Å².